The Kier molecular flexibility index (Phi) is 3.91. The smallest absolute Gasteiger partial charge is 0.137 e. The van der Waals surface area contributed by atoms with Gasteiger partial charge in [0.2, 0.25) is 0 Å². The second-order valence-electron chi connectivity index (χ2n) is 3.79. The predicted octanol–water partition coefficient (Wildman–Crippen LogP) is 2.55. The third-order valence-corrected chi connectivity index (χ3v) is 3.32. The summed E-state index contributed by atoms with van der Waals surface area (Å²) in [6.07, 6.45) is 3.76. The van der Waals surface area contributed by atoms with Gasteiger partial charge < -0.3 is 5.32 Å². The van der Waals surface area contributed by atoms with Gasteiger partial charge in [-0.3, -0.25) is 4.68 Å². The van der Waals surface area contributed by atoms with Gasteiger partial charge in [-0.15, -0.1) is 0 Å². The molecule has 0 amide bonds. The lowest BCUT2D eigenvalue weighted by Gasteiger charge is -2.05. The van der Waals surface area contributed by atoms with E-state index in [1.54, 1.807) is 10.7 Å². The first-order valence-corrected chi connectivity index (χ1v) is 6.09. The monoisotopic (exact) mass is 297 g/mol. The number of hydrogen-bond donors (Lipinski definition) is 1. The van der Waals surface area contributed by atoms with E-state index in [1.807, 2.05) is 25.5 Å². The number of aromatic nitrogens is 2. The molecule has 2 aromatic rings. The summed E-state index contributed by atoms with van der Waals surface area (Å²) in [6, 6.07) is 5.02. The molecule has 17 heavy (non-hydrogen) atoms. The first-order valence-electron chi connectivity index (χ1n) is 5.29. The largest absolute Gasteiger partial charge is 0.316 e. The number of nitrogens with zero attached hydrogens (tertiary/aromatic N) is 2. The van der Waals surface area contributed by atoms with Crippen LogP contribution >= 0.6 is 15.9 Å². The fourth-order valence-corrected chi connectivity index (χ4v) is 2.02. The molecule has 3 nitrogen and oxygen atoms in total. The van der Waals surface area contributed by atoms with Gasteiger partial charge in [0.15, 0.2) is 0 Å². The summed E-state index contributed by atoms with van der Waals surface area (Å²) >= 11 is 3.25. The van der Waals surface area contributed by atoms with E-state index in [0.29, 0.717) is 11.0 Å². The minimum Gasteiger partial charge on any atom is -0.316 e. The summed E-state index contributed by atoms with van der Waals surface area (Å²) in [7, 11) is 1.89. The second kappa shape index (κ2) is 5.42. The van der Waals surface area contributed by atoms with Crippen LogP contribution in [0.25, 0.3) is 0 Å². The normalized spacial score (nSPS) is 10.8. The van der Waals surface area contributed by atoms with E-state index in [-0.39, 0.29) is 5.82 Å². The van der Waals surface area contributed by atoms with Crippen molar-refractivity contribution in [2.24, 2.45) is 0 Å². The summed E-state index contributed by atoms with van der Waals surface area (Å²) in [6.45, 7) is 1.34. The van der Waals surface area contributed by atoms with Gasteiger partial charge in [-0.1, -0.05) is 12.1 Å². The van der Waals surface area contributed by atoms with E-state index in [4.69, 9.17) is 0 Å². The summed E-state index contributed by atoms with van der Waals surface area (Å²) in [5, 5.41) is 7.29. The van der Waals surface area contributed by atoms with Crippen LogP contribution in [0.1, 0.15) is 11.1 Å². The van der Waals surface area contributed by atoms with E-state index in [9.17, 15) is 4.39 Å². The van der Waals surface area contributed by atoms with Crippen LogP contribution in [0.4, 0.5) is 4.39 Å². The van der Waals surface area contributed by atoms with E-state index in [2.05, 4.69) is 26.3 Å². The van der Waals surface area contributed by atoms with Crippen molar-refractivity contribution in [3.8, 4) is 0 Å². The Balaban J connectivity index is 2.16. The van der Waals surface area contributed by atoms with E-state index in [1.165, 1.54) is 6.07 Å². The number of nitrogens with one attached hydrogen (secondary N) is 1. The molecule has 0 aliphatic heterocycles. The Morgan fingerprint density at radius 1 is 1.47 bits per heavy atom. The average Bonchev–Trinajstić information content (AvgIpc) is 2.73. The van der Waals surface area contributed by atoms with Crippen molar-refractivity contribution in [2.45, 2.75) is 13.1 Å². The molecule has 0 fully saturated rings. The molecule has 0 atom stereocenters. The van der Waals surface area contributed by atoms with Crippen LogP contribution in [0.5, 0.6) is 0 Å². The van der Waals surface area contributed by atoms with Gasteiger partial charge in [-0.25, -0.2) is 4.39 Å². The minimum atomic E-state index is -0.245. The standard InChI is InChI=1S/C12H13BrFN3/c1-15-5-9-6-16-17(7-9)8-10-3-2-4-11(14)12(10)13/h2-4,6-7,15H,5,8H2,1H3. The highest BCUT2D eigenvalue weighted by Crippen LogP contribution is 2.21. The molecular weight excluding hydrogens is 285 g/mol. The molecule has 5 heteroatoms. The van der Waals surface area contributed by atoms with Crippen LogP contribution < -0.4 is 5.32 Å². The summed E-state index contributed by atoms with van der Waals surface area (Å²) in [5.41, 5.74) is 1.99. The van der Waals surface area contributed by atoms with Gasteiger partial charge in [-0.2, -0.15) is 5.10 Å². The van der Waals surface area contributed by atoms with Gasteiger partial charge >= 0.3 is 0 Å². The third-order valence-electron chi connectivity index (χ3n) is 2.43. The number of halogens is 2. The molecule has 2 rings (SSSR count). The molecule has 0 saturated heterocycles. The fraction of sp³-hybridized carbons (Fsp3) is 0.250. The zero-order valence-electron chi connectivity index (χ0n) is 9.45. The first-order chi connectivity index (χ1) is 8.20. The zero-order valence-corrected chi connectivity index (χ0v) is 11.0. The van der Waals surface area contributed by atoms with Crippen molar-refractivity contribution in [3.63, 3.8) is 0 Å². The van der Waals surface area contributed by atoms with Gasteiger partial charge in [0.05, 0.1) is 17.2 Å². The maximum Gasteiger partial charge on any atom is 0.137 e. The summed E-state index contributed by atoms with van der Waals surface area (Å²) < 4.78 is 15.6. The Hall–Kier alpha value is -1.20. The van der Waals surface area contributed by atoms with Crippen LogP contribution in [-0.4, -0.2) is 16.8 Å². The molecule has 1 aromatic heterocycles. The van der Waals surface area contributed by atoms with E-state index in [0.717, 1.165) is 17.7 Å². The first kappa shape index (κ1) is 12.3. The molecule has 0 unspecified atom stereocenters. The zero-order chi connectivity index (χ0) is 12.3. The van der Waals surface area contributed by atoms with Gasteiger partial charge in [0.25, 0.3) is 0 Å². The molecule has 0 aliphatic rings. The van der Waals surface area contributed by atoms with Crippen LogP contribution in [0, 0.1) is 5.82 Å². The van der Waals surface area contributed by atoms with Gasteiger partial charge in [0.1, 0.15) is 5.82 Å². The maximum atomic E-state index is 13.3. The van der Waals surface area contributed by atoms with E-state index >= 15 is 0 Å². The van der Waals surface area contributed by atoms with E-state index < -0.39 is 0 Å². The molecule has 0 spiro atoms. The molecular formula is C12H13BrFN3. The van der Waals surface area contributed by atoms with Crippen LogP contribution in [0.3, 0.4) is 0 Å². The maximum absolute atomic E-state index is 13.3. The number of benzene rings is 1. The van der Waals surface area contributed by atoms with Gasteiger partial charge in [0, 0.05) is 18.3 Å². The molecule has 0 saturated carbocycles. The number of hydrogen-bond acceptors (Lipinski definition) is 2. The average molecular weight is 298 g/mol. The molecule has 1 N–H and O–H groups in total. The topological polar surface area (TPSA) is 29.9 Å². The molecule has 1 heterocycles. The van der Waals surface area contributed by atoms with Crippen molar-refractivity contribution < 1.29 is 4.39 Å². The second-order valence-corrected chi connectivity index (χ2v) is 4.58. The van der Waals surface area contributed by atoms with Gasteiger partial charge in [-0.05, 0) is 34.6 Å². The quantitative estimate of drug-likeness (QED) is 0.940. The molecule has 0 aliphatic carbocycles. The van der Waals surface area contributed by atoms with Crippen molar-refractivity contribution >= 4 is 15.9 Å². The third kappa shape index (κ3) is 2.92. The highest BCUT2D eigenvalue weighted by Gasteiger charge is 2.06. The Morgan fingerprint density at radius 3 is 3.06 bits per heavy atom. The van der Waals surface area contributed by atoms with Crippen LogP contribution in [0.2, 0.25) is 0 Å². The highest BCUT2D eigenvalue weighted by atomic mass is 79.9. The summed E-state index contributed by atoms with van der Waals surface area (Å²) in [5.74, 6) is -0.245. The van der Waals surface area contributed by atoms with Crippen molar-refractivity contribution in [1.82, 2.24) is 15.1 Å². The molecule has 1 aromatic carbocycles. The lowest BCUT2D eigenvalue weighted by molar-refractivity contribution is 0.611. The van der Waals surface area contributed by atoms with Crippen LogP contribution in [-0.2, 0) is 13.1 Å². The van der Waals surface area contributed by atoms with Crippen molar-refractivity contribution in [3.05, 3.63) is 52.0 Å². The predicted molar refractivity (Wildman–Crippen MR) is 68.2 cm³/mol. The fourth-order valence-electron chi connectivity index (χ4n) is 1.63. The van der Waals surface area contributed by atoms with Crippen molar-refractivity contribution in [2.75, 3.05) is 7.05 Å². The Bertz CT molecular complexity index is 510. The molecule has 0 bridgehead atoms. The highest BCUT2D eigenvalue weighted by molar-refractivity contribution is 9.10. The Labute approximate surface area is 108 Å². The lowest BCUT2D eigenvalue weighted by atomic mass is 10.2. The molecule has 0 radical (unpaired) electrons. The number of rotatable bonds is 4. The molecule has 90 valence electrons. The van der Waals surface area contributed by atoms with Crippen molar-refractivity contribution in [1.29, 1.82) is 0 Å². The lowest BCUT2D eigenvalue weighted by Crippen LogP contribution is -2.04. The minimum absolute atomic E-state index is 0.245. The van der Waals surface area contributed by atoms with Crippen LogP contribution in [0.15, 0.2) is 35.1 Å². The Morgan fingerprint density at radius 2 is 2.29 bits per heavy atom. The SMILES string of the molecule is CNCc1cnn(Cc2cccc(F)c2Br)c1. The summed E-state index contributed by atoms with van der Waals surface area (Å²) in [4.78, 5) is 0.